The van der Waals surface area contributed by atoms with E-state index in [1.54, 1.807) is 0 Å². The number of ether oxygens (including phenoxy) is 2. The standard InChI is InChI=1S/C34H36N2O6/c1-35-9-7-33-19-3-5-23(37)31(33)41-29-25(33)15(13-21(19)35)11-17(27(29)39)18-12-16-14-22-20-4-6-24(38)32-34(20,8-10-36(22)2)26(16)30(42-32)28(18)40/h11-12,19-22,31-32,39-40H,3-10,13-14H2,1-2H3/t19-,20-,21+,22+,31-,32-,33-,34-/m0/s1. The minimum atomic E-state index is -0.555. The fourth-order valence-corrected chi connectivity index (χ4v) is 11.6. The number of likely N-dealkylation sites (tertiary alicyclic amines) is 2. The van der Waals surface area contributed by atoms with Crippen molar-refractivity contribution in [2.45, 2.75) is 86.5 Å². The van der Waals surface area contributed by atoms with Crippen LogP contribution in [0.5, 0.6) is 23.0 Å². The number of nitrogens with zero attached hydrogens (tertiary/aromatic N) is 2. The number of phenolic OH excluding ortho intramolecular Hbond substituents is 2. The van der Waals surface area contributed by atoms with E-state index in [2.05, 4.69) is 23.9 Å². The molecular formula is C34H36N2O6. The van der Waals surface area contributed by atoms with Gasteiger partial charge in [0, 0.05) is 58.0 Å². The number of Topliss-reactive ketones (excluding diaryl/α,β-unsaturated/α-hetero) is 2. The van der Waals surface area contributed by atoms with E-state index < -0.39 is 12.2 Å². The molecule has 4 fully saturated rings. The van der Waals surface area contributed by atoms with Gasteiger partial charge in [-0.15, -0.1) is 0 Å². The maximum atomic E-state index is 13.3. The van der Waals surface area contributed by atoms with E-state index in [0.717, 1.165) is 73.9 Å². The number of hydrogen-bond donors (Lipinski definition) is 2. The lowest BCUT2D eigenvalue weighted by molar-refractivity contribution is -0.138. The van der Waals surface area contributed by atoms with Crippen molar-refractivity contribution in [2.24, 2.45) is 11.8 Å². The van der Waals surface area contributed by atoms with Crippen LogP contribution in [0.4, 0.5) is 0 Å². The second kappa shape index (κ2) is 7.51. The van der Waals surface area contributed by atoms with Crippen molar-refractivity contribution in [2.75, 3.05) is 27.2 Å². The van der Waals surface area contributed by atoms with Gasteiger partial charge in [-0.25, -0.2) is 0 Å². The topological polar surface area (TPSA) is 99.5 Å². The number of hydrogen-bond acceptors (Lipinski definition) is 8. The minimum Gasteiger partial charge on any atom is -0.504 e. The number of benzene rings is 2. The first-order chi connectivity index (χ1) is 20.3. The van der Waals surface area contributed by atoms with Crippen LogP contribution in [0, 0.1) is 11.8 Å². The minimum absolute atomic E-state index is 0.000413. The van der Waals surface area contributed by atoms with Gasteiger partial charge in [0.25, 0.3) is 0 Å². The van der Waals surface area contributed by atoms with E-state index in [0.29, 0.717) is 59.4 Å². The smallest absolute Gasteiger partial charge is 0.174 e. The number of piperidine rings is 2. The molecule has 0 radical (unpaired) electrons. The molecule has 2 saturated carbocycles. The second-order valence-electron chi connectivity index (χ2n) is 14.6. The van der Waals surface area contributed by atoms with Gasteiger partial charge in [0.15, 0.2) is 46.8 Å². The quantitative estimate of drug-likeness (QED) is 0.541. The summed E-state index contributed by atoms with van der Waals surface area (Å²) in [4.78, 5) is 31.5. The van der Waals surface area contributed by atoms with Crippen LogP contribution in [0.15, 0.2) is 12.1 Å². The van der Waals surface area contributed by atoms with Crippen molar-refractivity contribution >= 4 is 11.6 Å². The van der Waals surface area contributed by atoms with E-state index in [-0.39, 0.29) is 33.9 Å². The van der Waals surface area contributed by atoms with Crippen molar-refractivity contribution in [3.8, 4) is 34.1 Å². The van der Waals surface area contributed by atoms with Crippen molar-refractivity contribution in [3.05, 3.63) is 34.4 Å². The molecule has 218 valence electrons. The molecule has 8 heteroatoms. The molecule has 4 bridgehead atoms. The zero-order valence-corrected chi connectivity index (χ0v) is 24.1. The Balaban J connectivity index is 1.20. The third-order valence-electron chi connectivity index (χ3n) is 13.3. The molecule has 8 atom stereocenters. The van der Waals surface area contributed by atoms with Gasteiger partial charge in [0.1, 0.15) is 0 Å². The number of carbonyl (C=O) groups is 2. The summed E-state index contributed by atoms with van der Waals surface area (Å²) < 4.78 is 13.0. The number of likely N-dealkylation sites (N-methyl/N-ethyl adjacent to an activating group) is 2. The molecule has 10 rings (SSSR count). The van der Waals surface area contributed by atoms with Gasteiger partial charge in [0.2, 0.25) is 0 Å². The highest BCUT2D eigenvalue weighted by atomic mass is 16.5. The van der Waals surface area contributed by atoms with Gasteiger partial charge in [-0.05, 0) is 101 Å². The third-order valence-corrected chi connectivity index (χ3v) is 13.3. The molecule has 0 amide bonds. The molecular weight excluding hydrogens is 532 g/mol. The molecule has 8 nitrogen and oxygen atoms in total. The first-order valence-corrected chi connectivity index (χ1v) is 15.8. The second-order valence-corrected chi connectivity index (χ2v) is 14.6. The molecule has 0 aromatic heterocycles. The molecule has 2 saturated heterocycles. The summed E-state index contributed by atoms with van der Waals surface area (Å²) in [6.45, 7) is 1.81. The van der Waals surface area contributed by atoms with Crippen LogP contribution in [0.1, 0.15) is 60.8 Å². The fourth-order valence-electron chi connectivity index (χ4n) is 11.6. The van der Waals surface area contributed by atoms with Gasteiger partial charge >= 0.3 is 0 Å². The van der Waals surface area contributed by atoms with Gasteiger partial charge in [-0.2, -0.15) is 0 Å². The first-order valence-electron chi connectivity index (χ1n) is 15.8. The van der Waals surface area contributed by atoms with E-state index in [1.807, 2.05) is 12.1 Å². The monoisotopic (exact) mass is 568 g/mol. The Bertz CT molecular complexity index is 1550. The lowest BCUT2D eigenvalue weighted by Crippen LogP contribution is -2.65. The predicted molar refractivity (Wildman–Crippen MR) is 152 cm³/mol. The third kappa shape index (κ3) is 2.46. The zero-order valence-electron chi connectivity index (χ0n) is 24.1. The molecule has 2 spiro atoms. The molecule has 42 heavy (non-hydrogen) atoms. The first kappa shape index (κ1) is 24.4. The summed E-state index contributed by atoms with van der Waals surface area (Å²) in [5.41, 5.74) is 4.55. The van der Waals surface area contributed by atoms with Crippen molar-refractivity contribution in [1.82, 2.24) is 9.80 Å². The molecule has 4 aliphatic heterocycles. The molecule has 4 heterocycles. The molecule has 8 aliphatic rings. The highest BCUT2D eigenvalue weighted by molar-refractivity contribution is 5.93. The Morgan fingerprint density at radius 2 is 1.17 bits per heavy atom. The number of ketones is 2. The number of carbonyl (C=O) groups excluding carboxylic acids is 2. The van der Waals surface area contributed by atoms with Crippen LogP contribution >= 0.6 is 0 Å². The Kier molecular flexibility index (Phi) is 4.35. The van der Waals surface area contributed by atoms with Gasteiger partial charge in [-0.3, -0.25) is 9.59 Å². The van der Waals surface area contributed by atoms with Crippen LogP contribution in [-0.4, -0.2) is 83.1 Å². The largest absolute Gasteiger partial charge is 0.504 e. The molecule has 2 aromatic rings. The molecule has 2 N–H and O–H groups in total. The normalized spacial score (nSPS) is 40.3. The van der Waals surface area contributed by atoms with Gasteiger partial charge in [0.05, 0.1) is 0 Å². The highest BCUT2D eigenvalue weighted by Crippen LogP contribution is 2.67. The Morgan fingerprint density at radius 3 is 1.60 bits per heavy atom. The van der Waals surface area contributed by atoms with Crippen LogP contribution in [0.25, 0.3) is 11.1 Å². The van der Waals surface area contributed by atoms with Crippen molar-refractivity contribution in [1.29, 1.82) is 0 Å². The van der Waals surface area contributed by atoms with Crippen molar-refractivity contribution in [3.63, 3.8) is 0 Å². The van der Waals surface area contributed by atoms with Crippen LogP contribution in [-0.2, 0) is 33.3 Å². The van der Waals surface area contributed by atoms with Gasteiger partial charge < -0.3 is 29.5 Å². The maximum Gasteiger partial charge on any atom is 0.174 e. The molecule has 4 aliphatic carbocycles. The fraction of sp³-hybridized carbons (Fsp3) is 0.588. The summed E-state index contributed by atoms with van der Waals surface area (Å²) in [5, 5.41) is 23.8. The Morgan fingerprint density at radius 1 is 0.738 bits per heavy atom. The van der Waals surface area contributed by atoms with Crippen molar-refractivity contribution < 1.29 is 29.3 Å². The van der Waals surface area contributed by atoms with Crippen LogP contribution < -0.4 is 9.47 Å². The summed E-state index contributed by atoms with van der Waals surface area (Å²) in [6, 6.07) is 4.71. The van der Waals surface area contributed by atoms with Crippen LogP contribution in [0.2, 0.25) is 0 Å². The summed E-state index contributed by atoms with van der Waals surface area (Å²) >= 11 is 0. The SMILES string of the molecule is CN1CC[C@]23c4c5cc(-c6cc7c8c(c6O)O[C@H]6C(=O)CC[C@H]9[C@@H](C7)N(C)CC[C@]869)c(O)c4O[C@H]2C(=O)CC[C@H]3[C@H]1C5. The zero-order chi connectivity index (χ0) is 28.4. The Hall–Kier alpha value is -3.10. The van der Waals surface area contributed by atoms with E-state index in [1.165, 1.54) is 0 Å². The molecule has 0 unspecified atom stereocenters. The lowest BCUT2D eigenvalue weighted by Gasteiger charge is -2.57. The van der Waals surface area contributed by atoms with E-state index >= 15 is 0 Å². The van der Waals surface area contributed by atoms with E-state index in [9.17, 15) is 19.8 Å². The summed E-state index contributed by atoms with van der Waals surface area (Å²) in [6.07, 6.45) is 4.98. The summed E-state index contributed by atoms with van der Waals surface area (Å²) in [5.74, 6) is 1.79. The van der Waals surface area contributed by atoms with Crippen LogP contribution in [0.3, 0.4) is 0 Å². The number of rotatable bonds is 1. The highest BCUT2D eigenvalue weighted by Gasteiger charge is 2.67. The predicted octanol–water partition coefficient (Wildman–Crippen LogP) is 3.24. The van der Waals surface area contributed by atoms with E-state index in [4.69, 9.17) is 9.47 Å². The van der Waals surface area contributed by atoms with Gasteiger partial charge in [-0.1, -0.05) is 0 Å². The average Bonchev–Trinajstić information content (AvgIpc) is 3.52. The number of aromatic hydroxyl groups is 2. The maximum absolute atomic E-state index is 13.3. The lowest BCUT2D eigenvalue weighted by atomic mass is 9.51. The summed E-state index contributed by atoms with van der Waals surface area (Å²) in [7, 11) is 4.36. The Labute approximate surface area is 244 Å². The average molecular weight is 569 g/mol. The molecule has 2 aromatic carbocycles. The number of phenols is 2.